The maximum absolute atomic E-state index is 13.9. The predicted molar refractivity (Wildman–Crippen MR) is 91.6 cm³/mol. The lowest BCUT2D eigenvalue weighted by atomic mass is 9.89. The lowest BCUT2D eigenvalue weighted by molar-refractivity contribution is 0.0808. The van der Waals surface area contributed by atoms with Crippen LogP contribution >= 0.6 is 0 Å². The van der Waals surface area contributed by atoms with Gasteiger partial charge in [-0.25, -0.2) is 13.2 Å². The SMILES string of the molecule is COc1cccc(C(=O)[C@H]2CCCN(Cc3c(F)ccc(F)c3F)C2)c1. The second-order valence-electron chi connectivity index (χ2n) is 6.49. The highest BCUT2D eigenvalue weighted by atomic mass is 19.2. The van der Waals surface area contributed by atoms with Crippen molar-refractivity contribution in [3.8, 4) is 5.75 Å². The molecule has 0 aromatic heterocycles. The molecule has 1 fully saturated rings. The van der Waals surface area contributed by atoms with Crippen LogP contribution in [0, 0.1) is 23.4 Å². The standard InChI is InChI=1S/C20H20F3NO2/c1-26-15-6-2-4-13(10-15)20(25)14-5-3-9-24(11-14)12-16-17(21)7-8-18(22)19(16)23/h2,4,6-8,10,14H,3,5,9,11-12H2,1H3/t14-/m0/s1. The van der Waals surface area contributed by atoms with Crippen molar-refractivity contribution in [2.45, 2.75) is 19.4 Å². The van der Waals surface area contributed by atoms with Gasteiger partial charge in [0.2, 0.25) is 0 Å². The fourth-order valence-corrected chi connectivity index (χ4v) is 3.36. The third-order valence-electron chi connectivity index (χ3n) is 4.75. The predicted octanol–water partition coefficient (Wildman–Crippen LogP) is 4.21. The molecular formula is C20H20F3NO2. The Morgan fingerprint density at radius 2 is 1.96 bits per heavy atom. The van der Waals surface area contributed by atoms with Crippen molar-refractivity contribution in [1.82, 2.24) is 4.90 Å². The number of hydrogen-bond acceptors (Lipinski definition) is 3. The molecule has 3 rings (SSSR count). The van der Waals surface area contributed by atoms with E-state index < -0.39 is 17.5 Å². The van der Waals surface area contributed by atoms with E-state index in [9.17, 15) is 18.0 Å². The molecule has 0 aliphatic carbocycles. The van der Waals surface area contributed by atoms with Gasteiger partial charge in [-0.1, -0.05) is 12.1 Å². The Hall–Kier alpha value is -2.34. The van der Waals surface area contributed by atoms with E-state index >= 15 is 0 Å². The van der Waals surface area contributed by atoms with Crippen LogP contribution in [0.4, 0.5) is 13.2 Å². The van der Waals surface area contributed by atoms with Crippen LogP contribution in [-0.2, 0) is 6.54 Å². The minimum atomic E-state index is -1.16. The Balaban J connectivity index is 1.73. The van der Waals surface area contributed by atoms with Gasteiger partial charge in [-0.3, -0.25) is 9.69 Å². The highest BCUT2D eigenvalue weighted by Crippen LogP contribution is 2.25. The molecule has 6 heteroatoms. The first-order chi connectivity index (χ1) is 12.5. The van der Waals surface area contributed by atoms with Crippen LogP contribution in [0.2, 0.25) is 0 Å². The normalized spacial score (nSPS) is 17.9. The molecule has 0 saturated carbocycles. The van der Waals surface area contributed by atoms with Crippen LogP contribution in [0.1, 0.15) is 28.8 Å². The van der Waals surface area contributed by atoms with E-state index in [2.05, 4.69) is 0 Å². The van der Waals surface area contributed by atoms with Crippen molar-refractivity contribution in [2.24, 2.45) is 5.92 Å². The van der Waals surface area contributed by atoms with Gasteiger partial charge in [-0.05, 0) is 43.7 Å². The number of piperidine rings is 1. The minimum absolute atomic E-state index is 0.0196. The summed E-state index contributed by atoms with van der Waals surface area (Å²) >= 11 is 0. The number of nitrogens with zero attached hydrogens (tertiary/aromatic N) is 1. The summed E-state index contributed by atoms with van der Waals surface area (Å²) in [6.07, 6.45) is 1.44. The van der Waals surface area contributed by atoms with E-state index in [4.69, 9.17) is 4.74 Å². The number of carbonyl (C=O) groups excluding carboxylic acids is 1. The lowest BCUT2D eigenvalue weighted by Gasteiger charge is -2.32. The summed E-state index contributed by atoms with van der Waals surface area (Å²) < 4.78 is 46.3. The van der Waals surface area contributed by atoms with Crippen molar-refractivity contribution in [2.75, 3.05) is 20.2 Å². The first-order valence-electron chi connectivity index (χ1n) is 8.52. The zero-order chi connectivity index (χ0) is 18.7. The lowest BCUT2D eigenvalue weighted by Crippen LogP contribution is -2.38. The number of halogens is 3. The third kappa shape index (κ3) is 3.90. The average molecular weight is 363 g/mol. The molecule has 3 nitrogen and oxygen atoms in total. The van der Waals surface area contributed by atoms with E-state index in [1.165, 1.54) is 7.11 Å². The van der Waals surface area contributed by atoms with Crippen LogP contribution in [0.5, 0.6) is 5.75 Å². The number of hydrogen-bond donors (Lipinski definition) is 0. The first kappa shape index (κ1) is 18.5. The Kier molecular flexibility index (Phi) is 5.61. The molecule has 0 spiro atoms. The number of methoxy groups -OCH3 is 1. The van der Waals surface area contributed by atoms with E-state index in [-0.39, 0.29) is 23.8 Å². The second kappa shape index (κ2) is 7.91. The number of rotatable bonds is 5. The summed E-state index contributed by atoms with van der Waals surface area (Å²) in [5.41, 5.74) is 0.263. The van der Waals surface area contributed by atoms with Crippen molar-refractivity contribution in [3.63, 3.8) is 0 Å². The van der Waals surface area contributed by atoms with Gasteiger partial charge < -0.3 is 4.74 Å². The number of ketones is 1. The van der Waals surface area contributed by atoms with Gasteiger partial charge >= 0.3 is 0 Å². The molecular weight excluding hydrogens is 343 g/mol. The topological polar surface area (TPSA) is 29.5 Å². The summed E-state index contributed by atoms with van der Waals surface area (Å²) in [5.74, 6) is -2.68. The molecule has 1 aliphatic heterocycles. The molecule has 0 N–H and O–H groups in total. The van der Waals surface area contributed by atoms with Gasteiger partial charge in [0.05, 0.1) is 7.11 Å². The zero-order valence-corrected chi connectivity index (χ0v) is 14.5. The highest BCUT2D eigenvalue weighted by Gasteiger charge is 2.28. The third-order valence-corrected chi connectivity index (χ3v) is 4.75. The van der Waals surface area contributed by atoms with Crippen molar-refractivity contribution >= 4 is 5.78 Å². The number of Topliss-reactive ketones (excluding diaryl/α,β-unsaturated/α-hetero) is 1. The molecule has 26 heavy (non-hydrogen) atoms. The summed E-state index contributed by atoms with van der Waals surface area (Å²) in [6.45, 7) is 0.931. The Morgan fingerprint density at radius 3 is 2.73 bits per heavy atom. The van der Waals surface area contributed by atoms with Gasteiger partial charge in [0, 0.05) is 30.1 Å². The minimum Gasteiger partial charge on any atom is -0.497 e. The quantitative estimate of drug-likeness (QED) is 0.589. The molecule has 2 aromatic carbocycles. The molecule has 0 bridgehead atoms. The van der Waals surface area contributed by atoms with Crippen molar-refractivity contribution in [3.05, 3.63) is 65.0 Å². The van der Waals surface area contributed by atoms with E-state index in [0.29, 0.717) is 30.8 Å². The van der Waals surface area contributed by atoms with E-state index in [1.54, 1.807) is 29.2 Å². The fraction of sp³-hybridized carbons (Fsp3) is 0.350. The summed E-state index contributed by atoms with van der Waals surface area (Å²) in [4.78, 5) is 14.6. The van der Waals surface area contributed by atoms with Crippen molar-refractivity contribution < 1.29 is 22.7 Å². The average Bonchev–Trinajstić information content (AvgIpc) is 2.68. The van der Waals surface area contributed by atoms with Crippen molar-refractivity contribution in [1.29, 1.82) is 0 Å². The monoisotopic (exact) mass is 363 g/mol. The Labute approximate surface area is 150 Å². The number of likely N-dealkylation sites (tertiary alicyclic amines) is 1. The van der Waals surface area contributed by atoms with Gasteiger partial charge in [-0.2, -0.15) is 0 Å². The molecule has 1 heterocycles. The van der Waals surface area contributed by atoms with Crippen LogP contribution in [0.3, 0.4) is 0 Å². The fourth-order valence-electron chi connectivity index (χ4n) is 3.36. The largest absolute Gasteiger partial charge is 0.497 e. The van der Waals surface area contributed by atoms with Gasteiger partial charge in [-0.15, -0.1) is 0 Å². The van der Waals surface area contributed by atoms with E-state index in [0.717, 1.165) is 18.6 Å². The maximum atomic E-state index is 13.9. The smallest absolute Gasteiger partial charge is 0.167 e. The summed E-state index contributed by atoms with van der Waals surface area (Å²) in [5, 5.41) is 0. The summed E-state index contributed by atoms with van der Waals surface area (Å²) in [6, 6.07) is 8.64. The van der Waals surface area contributed by atoms with Crippen LogP contribution < -0.4 is 4.74 Å². The Bertz CT molecular complexity index is 810. The number of carbonyl (C=O) groups is 1. The van der Waals surface area contributed by atoms with Crippen LogP contribution in [0.15, 0.2) is 36.4 Å². The van der Waals surface area contributed by atoms with Gasteiger partial charge in [0.25, 0.3) is 0 Å². The second-order valence-corrected chi connectivity index (χ2v) is 6.49. The summed E-state index contributed by atoms with van der Waals surface area (Å²) in [7, 11) is 1.54. The number of benzene rings is 2. The van der Waals surface area contributed by atoms with Gasteiger partial charge in [0.15, 0.2) is 17.4 Å². The molecule has 1 saturated heterocycles. The number of ether oxygens (including phenoxy) is 1. The molecule has 0 unspecified atom stereocenters. The van der Waals surface area contributed by atoms with E-state index in [1.807, 2.05) is 0 Å². The Morgan fingerprint density at radius 1 is 1.19 bits per heavy atom. The molecule has 0 amide bonds. The molecule has 1 aliphatic rings. The van der Waals surface area contributed by atoms with Crippen LogP contribution in [-0.4, -0.2) is 30.9 Å². The van der Waals surface area contributed by atoms with Crippen LogP contribution in [0.25, 0.3) is 0 Å². The zero-order valence-electron chi connectivity index (χ0n) is 14.5. The molecule has 0 radical (unpaired) electrons. The first-order valence-corrected chi connectivity index (χ1v) is 8.52. The molecule has 138 valence electrons. The molecule has 1 atom stereocenters. The maximum Gasteiger partial charge on any atom is 0.167 e. The highest BCUT2D eigenvalue weighted by molar-refractivity contribution is 5.98. The molecule has 2 aromatic rings. The van der Waals surface area contributed by atoms with Gasteiger partial charge in [0.1, 0.15) is 11.6 Å².